The van der Waals surface area contributed by atoms with E-state index in [4.69, 9.17) is 9.47 Å². The molecule has 1 N–H and O–H groups in total. The van der Waals surface area contributed by atoms with Crippen molar-refractivity contribution in [3.8, 4) is 0 Å². The zero-order valence-corrected chi connectivity index (χ0v) is 43.6. The van der Waals surface area contributed by atoms with Crippen LogP contribution >= 0.6 is 0 Å². The van der Waals surface area contributed by atoms with Gasteiger partial charge in [0, 0.05) is 12.8 Å². The lowest BCUT2D eigenvalue weighted by Gasteiger charge is -2.15. The van der Waals surface area contributed by atoms with Crippen LogP contribution in [-0.4, -0.2) is 36.4 Å². The van der Waals surface area contributed by atoms with Crippen LogP contribution in [0.25, 0.3) is 0 Å². The molecule has 5 nitrogen and oxygen atoms in total. The van der Waals surface area contributed by atoms with Crippen molar-refractivity contribution < 1.29 is 24.2 Å². The van der Waals surface area contributed by atoms with Gasteiger partial charge in [-0.2, -0.15) is 0 Å². The van der Waals surface area contributed by atoms with Crippen LogP contribution in [0.4, 0.5) is 0 Å². The van der Waals surface area contributed by atoms with Gasteiger partial charge in [0.05, 0.1) is 6.61 Å². The molecule has 382 valence electrons. The summed E-state index contributed by atoms with van der Waals surface area (Å²) in [5, 5.41) is 9.65. The van der Waals surface area contributed by atoms with Crippen molar-refractivity contribution in [2.45, 2.75) is 225 Å². The van der Waals surface area contributed by atoms with E-state index in [2.05, 4.69) is 160 Å². The third-order valence-corrected chi connectivity index (χ3v) is 11.1. The number of rotatable bonds is 48. The van der Waals surface area contributed by atoms with Gasteiger partial charge in [-0.15, -0.1) is 0 Å². The molecule has 0 aliphatic carbocycles. The largest absolute Gasteiger partial charge is 0.462 e. The third-order valence-electron chi connectivity index (χ3n) is 11.1. The minimum absolute atomic E-state index is 0.0895. The summed E-state index contributed by atoms with van der Waals surface area (Å²) in [6.07, 6.45) is 86.6. The van der Waals surface area contributed by atoms with Crippen LogP contribution in [0, 0.1) is 0 Å². The van der Waals surface area contributed by atoms with Crippen molar-refractivity contribution >= 4 is 11.9 Å². The molecule has 0 amide bonds. The molecule has 0 bridgehead atoms. The number of unbranched alkanes of at least 4 members (excludes halogenated alkanes) is 16. The van der Waals surface area contributed by atoms with E-state index in [1.54, 1.807) is 0 Å². The number of aliphatic hydroxyl groups excluding tert-OH is 1. The predicted molar refractivity (Wildman–Crippen MR) is 297 cm³/mol. The molecule has 0 aromatic carbocycles. The maximum Gasteiger partial charge on any atom is 0.306 e. The van der Waals surface area contributed by atoms with Crippen molar-refractivity contribution in [2.75, 3.05) is 13.2 Å². The van der Waals surface area contributed by atoms with E-state index in [9.17, 15) is 14.7 Å². The van der Waals surface area contributed by atoms with Crippen LogP contribution in [0.5, 0.6) is 0 Å². The molecule has 0 aliphatic rings. The number of ether oxygens (including phenoxy) is 2. The van der Waals surface area contributed by atoms with Gasteiger partial charge in [-0.1, -0.05) is 237 Å². The Labute approximate surface area is 418 Å². The molecule has 0 aromatic rings. The topological polar surface area (TPSA) is 72.8 Å². The molecule has 5 heteroatoms. The Balaban J connectivity index is 3.61. The van der Waals surface area contributed by atoms with Gasteiger partial charge >= 0.3 is 11.9 Å². The summed E-state index contributed by atoms with van der Waals surface area (Å²) < 4.78 is 10.7. The fraction of sp³-hybridized carbons (Fsp3) is 0.587. The summed E-state index contributed by atoms with van der Waals surface area (Å²) in [5.41, 5.74) is 0. The number of hydrogen-bond acceptors (Lipinski definition) is 5. The number of allylic oxidation sites excluding steroid dienone is 24. The van der Waals surface area contributed by atoms with Crippen LogP contribution < -0.4 is 0 Å². The number of carbonyl (C=O) groups is 2. The molecule has 0 rings (SSSR count). The number of aliphatic hydroxyl groups is 1. The fourth-order valence-corrected chi connectivity index (χ4v) is 7.09. The van der Waals surface area contributed by atoms with Gasteiger partial charge in [0.1, 0.15) is 6.61 Å². The highest BCUT2D eigenvalue weighted by Crippen LogP contribution is 2.14. The molecular formula is C63H100O5. The lowest BCUT2D eigenvalue weighted by molar-refractivity contribution is -0.161. The average molecular weight is 937 g/mol. The Morgan fingerprint density at radius 3 is 0.897 bits per heavy atom. The summed E-state index contributed by atoms with van der Waals surface area (Å²) >= 11 is 0. The molecule has 0 spiro atoms. The summed E-state index contributed by atoms with van der Waals surface area (Å²) in [6.45, 7) is 3.88. The SMILES string of the molecule is CC/C=C\C/C=C\C/C=C\C/C=C\C/C=C\C/C=C\C/C=C\CCCCCC(=O)OC(CO)COC(=O)CCCCCCCCCCCCCCC/C=C\C/C=C\C/C=C\C/C=C\C/C=C\CC. The molecule has 0 aliphatic heterocycles. The highest BCUT2D eigenvalue weighted by atomic mass is 16.6. The standard InChI is InChI=1S/C63H100O5/c1-3-5-7-9-11-13-15-17-19-21-23-25-27-29-30-31-32-34-35-37-39-41-43-45-47-49-51-53-55-57-62(65)67-60-61(59-64)68-63(66)58-56-54-52-50-48-46-44-42-40-38-36-33-28-26-24-22-20-18-16-14-12-10-8-6-4-2/h5-8,11-14,17-20,23-26,29-30,33,36,40,42,46,48,61,64H,3-4,9-10,15-16,21-22,27-28,31-32,34-35,37-39,41,43-45,47,49-60H2,1-2H3/b7-5-,8-6-,13-11-,14-12-,19-17-,20-18-,25-23-,26-24-,30-29-,36-33-,42-40-,48-46-. The molecule has 0 radical (unpaired) electrons. The van der Waals surface area contributed by atoms with E-state index < -0.39 is 6.10 Å². The molecule has 0 saturated heterocycles. The molecule has 1 unspecified atom stereocenters. The number of carbonyl (C=O) groups excluding carboxylic acids is 2. The monoisotopic (exact) mass is 937 g/mol. The van der Waals surface area contributed by atoms with Gasteiger partial charge in [-0.25, -0.2) is 0 Å². The average Bonchev–Trinajstić information content (AvgIpc) is 3.34. The van der Waals surface area contributed by atoms with E-state index in [1.165, 1.54) is 70.6 Å². The Hall–Kier alpha value is -4.22. The fourth-order valence-electron chi connectivity index (χ4n) is 7.09. The second-order valence-electron chi connectivity index (χ2n) is 17.5. The molecule has 1 atom stereocenters. The number of hydrogen-bond donors (Lipinski definition) is 1. The maximum atomic E-state index is 12.3. The number of esters is 2. The van der Waals surface area contributed by atoms with E-state index in [-0.39, 0.29) is 25.2 Å². The van der Waals surface area contributed by atoms with E-state index in [0.29, 0.717) is 12.8 Å². The van der Waals surface area contributed by atoms with Crippen LogP contribution in [0.15, 0.2) is 146 Å². The molecule has 0 heterocycles. The Kier molecular flexibility index (Phi) is 53.6. The highest BCUT2D eigenvalue weighted by molar-refractivity contribution is 5.70. The normalized spacial score (nSPS) is 13.4. The second-order valence-corrected chi connectivity index (χ2v) is 17.5. The van der Waals surface area contributed by atoms with E-state index >= 15 is 0 Å². The Bertz CT molecular complexity index is 1480. The first-order valence-electron chi connectivity index (χ1n) is 27.4. The lowest BCUT2D eigenvalue weighted by Crippen LogP contribution is -2.28. The van der Waals surface area contributed by atoms with Crippen molar-refractivity contribution in [1.82, 2.24) is 0 Å². The maximum absolute atomic E-state index is 12.3. The van der Waals surface area contributed by atoms with Crippen LogP contribution in [0.2, 0.25) is 0 Å². The second kappa shape index (κ2) is 57.1. The zero-order valence-electron chi connectivity index (χ0n) is 43.6. The zero-order chi connectivity index (χ0) is 49.2. The molecular weight excluding hydrogens is 837 g/mol. The van der Waals surface area contributed by atoms with E-state index in [0.717, 1.165) is 122 Å². The first-order valence-corrected chi connectivity index (χ1v) is 27.4. The molecule has 0 fully saturated rings. The summed E-state index contributed by atoms with van der Waals surface area (Å²) in [4.78, 5) is 24.5. The van der Waals surface area contributed by atoms with Crippen molar-refractivity contribution in [1.29, 1.82) is 0 Å². The first-order chi connectivity index (χ1) is 33.6. The van der Waals surface area contributed by atoms with Crippen LogP contribution in [-0.2, 0) is 19.1 Å². The van der Waals surface area contributed by atoms with Crippen molar-refractivity contribution in [3.05, 3.63) is 146 Å². The summed E-state index contributed by atoms with van der Waals surface area (Å²) in [6, 6.07) is 0. The van der Waals surface area contributed by atoms with Crippen molar-refractivity contribution in [3.63, 3.8) is 0 Å². The molecule has 68 heavy (non-hydrogen) atoms. The van der Waals surface area contributed by atoms with Gasteiger partial charge in [0.2, 0.25) is 0 Å². The Morgan fingerprint density at radius 2 is 0.588 bits per heavy atom. The minimum atomic E-state index is -0.802. The highest BCUT2D eigenvalue weighted by Gasteiger charge is 2.16. The third kappa shape index (κ3) is 54.4. The van der Waals surface area contributed by atoms with Gasteiger partial charge in [-0.05, 0) is 116 Å². The lowest BCUT2D eigenvalue weighted by atomic mass is 10.0. The van der Waals surface area contributed by atoms with E-state index in [1.807, 2.05) is 0 Å². The molecule has 0 aromatic heterocycles. The summed E-state index contributed by atoms with van der Waals surface area (Å²) in [5.74, 6) is -0.639. The Morgan fingerprint density at radius 1 is 0.338 bits per heavy atom. The smallest absolute Gasteiger partial charge is 0.306 e. The van der Waals surface area contributed by atoms with Crippen LogP contribution in [0.1, 0.15) is 219 Å². The van der Waals surface area contributed by atoms with Gasteiger partial charge in [0.25, 0.3) is 0 Å². The van der Waals surface area contributed by atoms with Crippen molar-refractivity contribution in [2.24, 2.45) is 0 Å². The predicted octanol–water partition coefficient (Wildman–Crippen LogP) is 18.6. The summed E-state index contributed by atoms with van der Waals surface area (Å²) in [7, 11) is 0. The quantitative estimate of drug-likeness (QED) is 0.0374. The van der Waals surface area contributed by atoms with Gasteiger partial charge < -0.3 is 14.6 Å². The van der Waals surface area contributed by atoms with Gasteiger partial charge in [0.15, 0.2) is 6.10 Å². The first kappa shape index (κ1) is 63.8. The van der Waals surface area contributed by atoms with Crippen LogP contribution in [0.3, 0.4) is 0 Å². The van der Waals surface area contributed by atoms with Gasteiger partial charge in [-0.3, -0.25) is 9.59 Å². The minimum Gasteiger partial charge on any atom is -0.462 e. The molecule has 0 saturated carbocycles.